The van der Waals surface area contributed by atoms with Crippen molar-refractivity contribution in [2.45, 2.75) is 70.8 Å². The standard InChI is InChI=1S/C52H57N11O11S/c1-52(2,3)40-28-41(59-74-40)57-50(71)55-32-11-9-31(10-12-32)35-29-62-36-14-13-33(27-39(36)75-51(62)56-35)72-26-25-60-21-23-61(24-22-60)45(67)18-17-42(64)53-19-4-5-20-54-44(66)30-73-38-8-6-7-34-46(38)49(70)63(48(34)69)37-15-16-43(65)58-47(37)68/h6-14,27-29,37H,4-5,15-26,30H2,1-3H3,(H,53,64)(H,54,66)(H,58,65,68)(H2,55,57,59,71). The van der Waals surface area contributed by atoms with Crippen LogP contribution in [-0.2, 0) is 29.4 Å². The molecule has 9 rings (SSSR count). The van der Waals surface area contributed by atoms with Crippen molar-refractivity contribution in [2.24, 2.45) is 0 Å². The van der Waals surface area contributed by atoms with Crippen LogP contribution in [0.15, 0.2) is 77.4 Å². The number of nitrogens with zero attached hydrogens (tertiary/aromatic N) is 6. The Kier molecular flexibility index (Phi) is 15.5. The zero-order chi connectivity index (χ0) is 52.8. The number of carbonyl (C=O) groups excluding carboxylic acids is 8. The van der Waals surface area contributed by atoms with E-state index in [4.69, 9.17) is 19.0 Å². The van der Waals surface area contributed by atoms with Gasteiger partial charge in [0.25, 0.3) is 17.7 Å². The highest BCUT2D eigenvalue weighted by Gasteiger charge is 2.46. The summed E-state index contributed by atoms with van der Waals surface area (Å²) in [6, 6.07) is 18.0. The molecule has 3 aliphatic rings. The minimum Gasteiger partial charge on any atom is -0.492 e. The molecule has 22 nitrogen and oxygen atoms in total. The van der Waals surface area contributed by atoms with Gasteiger partial charge in [0.15, 0.2) is 17.4 Å². The summed E-state index contributed by atoms with van der Waals surface area (Å²) >= 11 is 1.57. The van der Waals surface area contributed by atoms with Gasteiger partial charge in [-0.1, -0.05) is 55.5 Å². The average molecular weight is 1040 g/mol. The third-order valence-electron chi connectivity index (χ3n) is 13.0. The van der Waals surface area contributed by atoms with Crippen LogP contribution in [0.5, 0.6) is 11.5 Å². The molecule has 3 aromatic carbocycles. The van der Waals surface area contributed by atoms with E-state index in [1.54, 1.807) is 22.3 Å². The molecule has 75 heavy (non-hydrogen) atoms. The lowest BCUT2D eigenvalue weighted by atomic mass is 9.93. The average Bonchev–Trinajstić information content (AvgIpc) is 4.18. The molecule has 392 valence electrons. The molecule has 0 saturated carbocycles. The Bertz CT molecular complexity index is 3170. The van der Waals surface area contributed by atoms with Gasteiger partial charge in [-0.25, -0.2) is 9.78 Å². The number of urea groups is 1. The van der Waals surface area contributed by atoms with Crippen molar-refractivity contribution in [2.75, 3.05) is 69.7 Å². The lowest BCUT2D eigenvalue weighted by Gasteiger charge is -2.34. The summed E-state index contributed by atoms with van der Waals surface area (Å²) in [5, 5.41) is 17.2. The smallest absolute Gasteiger partial charge is 0.324 e. The maximum absolute atomic E-state index is 13.2. The zero-order valence-electron chi connectivity index (χ0n) is 41.7. The Balaban J connectivity index is 0.620. The number of piperazine rings is 1. The van der Waals surface area contributed by atoms with Gasteiger partial charge in [0.1, 0.15) is 29.9 Å². The van der Waals surface area contributed by atoms with E-state index in [9.17, 15) is 38.4 Å². The highest BCUT2D eigenvalue weighted by atomic mass is 32.1. The third kappa shape index (κ3) is 12.3. The van der Waals surface area contributed by atoms with Gasteiger partial charge in [-0.2, -0.15) is 0 Å². The van der Waals surface area contributed by atoms with Crippen molar-refractivity contribution in [3.8, 4) is 22.8 Å². The molecule has 1 unspecified atom stereocenters. The fourth-order valence-electron chi connectivity index (χ4n) is 8.89. The number of unbranched alkanes of at least 4 members (excludes halogenated alkanes) is 1. The molecule has 6 heterocycles. The molecule has 5 N–H and O–H groups in total. The van der Waals surface area contributed by atoms with E-state index in [2.05, 4.69) is 41.0 Å². The highest BCUT2D eigenvalue weighted by Crippen LogP contribution is 2.35. The Morgan fingerprint density at radius 2 is 1.61 bits per heavy atom. The fraction of sp³-hybridized carbons (Fsp3) is 0.385. The summed E-state index contributed by atoms with van der Waals surface area (Å²) in [6.07, 6.45) is 3.34. The van der Waals surface area contributed by atoms with Crippen molar-refractivity contribution in [3.05, 3.63) is 89.8 Å². The van der Waals surface area contributed by atoms with Gasteiger partial charge < -0.3 is 34.8 Å². The van der Waals surface area contributed by atoms with Gasteiger partial charge in [0.05, 0.1) is 27.0 Å². The number of rotatable bonds is 19. The van der Waals surface area contributed by atoms with Crippen molar-refractivity contribution in [3.63, 3.8) is 0 Å². The normalized spacial score (nSPS) is 16.0. The quantitative estimate of drug-likeness (QED) is 0.0532. The number of piperidine rings is 1. The first-order valence-electron chi connectivity index (χ1n) is 24.8. The fourth-order valence-corrected chi connectivity index (χ4v) is 9.92. The number of anilines is 2. The number of nitrogens with one attached hydrogen (secondary N) is 5. The number of imidazole rings is 1. The molecule has 2 saturated heterocycles. The number of amides is 9. The van der Waals surface area contributed by atoms with Crippen LogP contribution in [0.3, 0.4) is 0 Å². The van der Waals surface area contributed by atoms with E-state index in [1.165, 1.54) is 18.2 Å². The van der Waals surface area contributed by atoms with Gasteiger partial charge in [0.2, 0.25) is 23.6 Å². The van der Waals surface area contributed by atoms with E-state index in [1.807, 2.05) is 69.4 Å². The van der Waals surface area contributed by atoms with E-state index in [-0.39, 0.29) is 59.8 Å². The van der Waals surface area contributed by atoms with Crippen LogP contribution >= 0.6 is 11.3 Å². The van der Waals surface area contributed by atoms with Crippen LogP contribution in [0.1, 0.15) is 85.8 Å². The predicted octanol–water partition coefficient (Wildman–Crippen LogP) is 4.94. The van der Waals surface area contributed by atoms with Gasteiger partial charge in [-0.05, 0) is 61.7 Å². The molecule has 0 radical (unpaired) electrons. The number of thiazole rings is 1. The van der Waals surface area contributed by atoms with Crippen LogP contribution in [0, 0.1) is 0 Å². The molecule has 0 aliphatic carbocycles. The number of carbonyl (C=O) groups is 8. The van der Waals surface area contributed by atoms with E-state index in [0.717, 1.165) is 37.1 Å². The second kappa shape index (κ2) is 22.5. The topological polar surface area (TPSA) is 268 Å². The van der Waals surface area contributed by atoms with Crippen LogP contribution < -0.4 is 36.1 Å². The van der Waals surface area contributed by atoms with Crippen LogP contribution in [0.2, 0.25) is 0 Å². The summed E-state index contributed by atoms with van der Waals surface area (Å²) < 4.78 is 20.2. The lowest BCUT2D eigenvalue weighted by Crippen LogP contribution is -2.54. The van der Waals surface area contributed by atoms with E-state index >= 15 is 0 Å². The van der Waals surface area contributed by atoms with Crippen molar-refractivity contribution in [1.29, 1.82) is 0 Å². The maximum Gasteiger partial charge on any atom is 0.324 e. The summed E-state index contributed by atoms with van der Waals surface area (Å²) in [4.78, 5) is 111. The van der Waals surface area contributed by atoms with E-state index in [0.29, 0.717) is 82.5 Å². The number of ether oxygens (including phenoxy) is 2. The molecule has 3 aliphatic heterocycles. The first kappa shape index (κ1) is 51.7. The number of aromatic nitrogens is 3. The van der Waals surface area contributed by atoms with Crippen molar-refractivity contribution in [1.82, 2.24) is 45.2 Å². The second-order valence-corrected chi connectivity index (χ2v) is 20.4. The Labute approximate surface area is 434 Å². The predicted molar refractivity (Wildman–Crippen MR) is 275 cm³/mol. The Morgan fingerprint density at radius 3 is 2.35 bits per heavy atom. The maximum atomic E-state index is 13.2. The molecule has 1 atom stereocenters. The third-order valence-corrected chi connectivity index (χ3v) is 14.0. The molecular weight excluding hydrogens is 987 g/mol. The van der Waals surface area contributed by atoms with E-state index < -0.39 is 48.2 Å². The minimum atomic E-state index is -1.12. The molecular formula is C52H57N11O11S. The van der Waals surface area contributed by atoms with Gasteiger partial charge in [0, 0.05) is 94.0 Å². The molecule has 9 amide bonds. The van der Waals surface area contributed by atoms with Crippen LogP contribution in [0.4, 0.5) is 16.3 Å². The summed E-state index contributed by atoms with van der Waals surface area (Å²) in [5.74, 6) is -1.55. The molecule has 0 bridgehead atoms. The first-order chi connectivity index (χ1) is 36.1. The number of benzene rings is 3. The van der Waals surface area contributed by atoms with Gasteiger partial charge in [-0.15, -0.1) is 0 Å². The highest BCUT2D eigenvalue weighted by molar-refractivity contribution is 7.23. The number of imide groups is 2. The monoisotopic (exact) mass is 1040 g/mol. The number of hydrogen-bond donors (Lipinski definition) is 5. The molecule has 3 aromatic heterocycles. The summed E-state index contributed by atoms with van der Waals surface area (Å²) in [5.41, 5.74) is 3.12. The number of hydrogen-bond acceptors (Lipinski definition) is 15. The number of fused-ring (bicyclic) bond motifs is 4. The zero-order valence-corrected chi connectivity index (χ0v) is 42.5. The van der Waals surface area contributed by atoms with Crippen molar-refractivity contribution < 1.29 is 52.4 Å². The molecule has 2 fully saturated rings. The lowest BCUT2D eigenvalue weighted by molar-refractivity contribution is -0.136. The Hall–Kier alpha value is -8.18. The Morgan fingerprint density at radius 1 is 0.853 bits per heavy atom. The van der Waals surface area contributed by atoms with Crippen LogP contribution in [0.25, 0.3) is 26.4 Å². The largest absolute Gasteiger partial charge is 0.492 e. The van der Waals surface area contributed by atoms with Gasteiger partial charge in [-0.3, -0.25) is 58.4 Å². The first-order valence-corrected chi connectivity index (χ1v) is 25.6. The summed E-state index contributed by atoms with van der Waals surface area (Å²) in [6.45, 7) is 9.97. The molecule has 6 aromatic rings. The summed E-state index contributed by atoms with van der Waals surface area (Å²) in [7, 11) is 0. The molecule has 23 heteroatoms. The SMILES string of the molecule is CC(C)(C)c1cc(NC(=O)Nc2ccc(-c3cn4c(n3)sc3cc(OCCN5CCN(C(=O)CCC(=O)NCCCCNC(=O)COc6cccc7c6C(=O)N(C6CCC(=O)NC6=O)C7=O)CC5)ccc34)cc2)no1. The van der Waals surface area contributed by atoms with Crippen molar-refractivity contribution >= 4 is 85.4 Å². The van der Waals surface area contributed by atoms with Crippen LogP contribution in [-0.4, -0.2) is 142 Å². The second-order valence-electron chi connectivity index (χ2n) is 19.4. The minimum absolute atomic E-state index is 0.00470. The molecule has 0 spiro atoms. The van der Waals surface area contributed by atoms with Gasteiger partial charge >= 0.3 is 6.03 Å².